The van der Waals surface area contributed by atoms with Crippen LogP contribution in [-0.4, -0.2) is 32.3 Å². The van der Waals surface area contributed by atoms with Gasteiger partial charge in [-0.2, -0.15) is 0 Å². The molecule has 1 saturated heterocycles. The molecule has 29 heavy (non-hydrogen) atoms. The maximum atomic E-state index is 13.4. The Bertz CT molecular complexity index is 1180. The lowest BCUT2D eigenvalue weighted by Crippen LogP contribution is -2.31. The van der Waals surface area contributed by atoms with Crippen LogP contribution in [0.1, 0.15) is 40.1 Å². The summed E-state index contributed by atoms with van der Waals surface area (Å²) in [4.78, 5) is 28.8. The normalized spacial score (nSPS) is 16.6. The van der Waals surface area contributed by atoms with Gasteiger partial charge in [0.05, 0.1) is 22.8 Å². The molecule has 146 valence electrons. The van der Waals surface area contributed by atoms with Crippen molar-refractivity contribution in [3.63, 3.8) is 0 Å². The molecular formula is C22H19ClN4OS. The number of benzene rings is 2. The molecule has 1 amide bonds. The molecule has 1 N–H and O–H groups in total. The summed E-state index contributed by atoms with van der Waals surface area (Å²) in [6.07, 6.45) is 1.87. The van der Waals surface area contributed by atoms with Crippen molar-refractivity contribution in [3.8, 4) is 10.6 Å². The summed E-state index contributed by atoms with van der Waals surface area (Å²) in [6.45, 7) is 2.62. The first-order valence-electron chi connectivity index (χ1n) is 9.59. The molecule has 5 rings (SSSR count). The molecule has 0 spiro atoms. The minimum atomic E-state index is -0.0361. The van der Waals surface area contributed by atoms with Crippen LogP contribution in [0.5, 0.6) is 0 Å². The Morgan fingerprint density at radius 3 is 2.90 bits per heavy atom. The topological polar surface area (TPSA) is 61.9 Å². The largest absolute Gasteiger partial charge is 0.340 e. The van der Waals surface area contributed by atoms with Gasteiger partial charge in [-0.25, -0.2) is 9.97 Å². The van der Waals surface area contributed by atoms with E-state index < -0.39 is 0 Å². The van der Waals surface area contributed by atoms with E-state index in [-0.39, 0.29) is 11.9 Å². The molecule has 4 aromatic rings. The van der Waals surface area contributed by atoms with Crippen LogP contribution in [0.15, 0.2) is 48.5 Å². The SMILES string of the molecule is Cc1nc(-c2cccc(Cl)c2)sc1C(=O)N1CCCC1c1nc2ccccc2[nH]1. The highest BCUT2D eigenvalue weighted by Gasteiger charge is 2.34. The molecule has 1 aliphatic heterocycles. The minimum absolute atomic E-state index is 0.0243. The number of nitrogens with one attached hydrogen (secondary N) is 1. The van der Waals surface area contributed by atoms with Crippen molar-refractivity contribution in [2.45, 2.75) is 25.8 Å². The van der Waals surface area contributed by atoms with Crippen molar-refractivity contribution in [1.29, 1.82) is 0 Å². The second-order valence-corrected chi connectivity index (χ2v) is 8.68. The van der Waals surface area contributed by atoms with E-state index in [9.17, 15) is 4.79 Å². The van der Waals surface area contributed by atoms with Gasteiger partial charge in [-0.1, -0.05) is 35.9 Å². The molecule has 1 atom stereocenters. The van der Waals surface area contributed by atoms with Crippen LogP contribution in [0.3, 0.4) is 0 Å². The summed E-state index contributed by atoms with van der Waals surface area (Å²) in [7, 11) is 0. The third-order valence-corrected chi connectivity index (χ3v) is 6.73. The number of carbonyl (C=O) groups excluding carboxylic acids is 1. The van der Waals surface area contributed by atoms with Crippen molar-refractivity contribution in [2.24, 2.45) is 0 Å². The highest BCUT2D eigenvalue weighted by Crippen LogP contribution is 2.36. The van der Waals surface area contributed by atoms with Gasteiger partial charge in [0.25, 0.3) is 5.91 Å². The Kier molecular flexibility index (Phi) is 4.60. The molecule has 1 fully saturated rings. The highest BCUT2D eigenvalue weighted by atomic mass is 35.5. The van der Waals surface area contributed by atoms with Gasteiger partial charge in [-0.15, -0.1) is 11.3 Å². The van der Waals surface area contributed by atoms with E-state index in [1.165, 1.54) is 11.3 Å². The Hall–Kier alpha value is -2.70. The van der Waals surface area contributed by atoms with Crippen molar-refractivity contribution >= 4 is 39.9 Å². The molecular weight excluding hydrogens is 404 g/mol. The van der Waals surface area contributed by atoms with Crippen LogP contribution in [0, 0.1) is 6.92 Å². The van der Waals surface area contributed by atoms with Crippen molar-refractivity contribution in [2.75, 3.05) is 6.54 Å². The van der Waals surface area contributed by atoms with Crippen molar-refractivity contribution < 1.29 is 4.79 Å². The maximum absolute atomic E-state index is 13.4. The van der Waals surface area contributed by atoms with E-state index in [2.05, 4.69) is 9.97 Å². The molecule has 0 aliphatic carbocycles. The number of carbonyl (C=O) groups is 1. The fourth-order valence-electron chi connectivity index (χ4n) is 3.89. The molecule has 5 nitrogen and oxygen atoms in total. The predicted molar refractivity (Wildman–Crippen MR) is 116 cm³/mol. The Morgan fingerprint density at radius 1 is 1.21 bits per heavy atom. The lowest BCUT2D eigenvalue weighted by molar-refractivity contribution is 0.0734. The zero-order chi connectivity index (χ0) is 20.0. The number of H-pyrrole nitrogens is 1. The van der Waals surface area contributed by atoms with Gasteiger partial charge in [-0.3, -0.25) is 4.79 Å². The van der Waals surface area contributed by atoms with Gasteiger partial charge in [-0.05, 0) is 44.0 Å². The van der Waals surface area contributed by atoms with E-state index in [0.717, 1.165) is 52.5 Å². The zero-order valence-corrected chi connectivity index (χ0v) is 17.4. The molecule has 2 aromatic carbocycles. The van der Waals surface area contributed by atoms with Gasteiger partial charge in [0.1, 0.15) is 15.7 Å². The average Bonchev–Trinajstić information content (AvgIpc) is 3.44. The van der Waals surface area contributed by atoms with Gasteiger partial charge < -0.3 is 9.88 Å². The second kappa shape index (κ2) is 7.28. The van der Waals surface area contributed by atoms with Gasteiger partial charge >= 0.3 is 0 Å². The third-order valence-electron chi connectivity index (χ3n) is 5.30. The van der Waals surface area contributed by atoms with Crippen LogP contribution < -0.4 is 0 Å². The third kappa shape index (κ3) is 3.32. The summed E-state index contributed by atoms with van der Waals surface area (Å²) in [5.74, 6) is 0.880. The second-order valence-electron chi connectivity index (χ2n) is 7.24. The number of para-hydroxylation sites is 2. The van der Waals surface area contributed by atoms with E-state index in [1.54, 1.807) is 0 Å². The minimum Gasteiger partial charge on any atom is -0.340 e. The number of fused-ring (bicyclic) bond motifs is 1. The smallest absolute Gasteiger partial charge is 0.266 e. The number of rotatable bonds is 3. The molecule has 3 heterocycles. The van der Waals surface area contributed by atoms with Gasteiger partial charge in [0.2, 0.25) is 0 Å². The molecule has 1 aliphatic rings. The predicted octanol–water partition coefficient (Wildman–Crippen LogP) is 5.63. The number of aromatic amines is 1. The summed E-state index contributed by atoms with van der Waals surface area (Å²) < 4.78 is 0. The monoisotopic (exact) mass is 422 g/mol. The molecule has 0 saturated carbocycles. The first kappa shape index (κ1) is 18.3. The van der Waals surface area contributed by atoms with E-state index in [0.29, 0.717) is 9.90 Å². The van der Waals surface area contributed by atoms with Crippen LogP contribution in [0.2, 0.25) is 5.02 Å². The number of hydrogen-bond donors (Lipinski definition) is 1. The van der Waals surface area contributed by atoms with Crippen LogP contribution in [0.4, 0.5) is 0 Å². The molecule has 1 unspecified atom stereocenters. The Balaban J connectivity index is 1.46. The lowest BCUT2D eigenvalue weighted by atomic mass is 10.2. The van der Waals surface area contributed by atoms with Crippen LogP contribution in [0.25, 0.3) is 21.6 Å². The molecule has 0 bridgehead atoms. The fourth-order valence-corrected chi connectivity index (χ4v) is 5.10. The molecule has 2 aromatic heterocycles. The van der Waals surface area contributed by atoms with Crippen LogP contribution in [-0.2, 0) is 0 Å². The summed E-state index contributed by atoms with van der Waals surface area (Å²) in [6, 6.07) is 15.5. The number of halogens is 1. The quantitative estimate of drug-likeness (QED) is 0.465. The number of thiazole rings is 1. The van der Waals surface area contributed by atoms with Gasteiger partial charge in [0.15, 0.2) is 0 Å². The summed E-state index contributed by atoms with van der Waals surface area (Å²) in [5, 5.41) is 1.47. The lowest BCUT2D eigenvalue weighted by Gasteiger charge is -2.22. The number of aryl methyl sites for hydroxylation is 1. The fraction of sp³-hybridized carbons (Fsp3) is 0.227. The zero-order valence-electron chi connectivity index (χ0n) is 15.9. The number of nitrogens with zero attached hydrogens (tertiary/aromatic N) is 3. The summed E-state index contributed by atoms with van der Waals surface area (Å²) >= 11 is 7.55. The Labute approximate surface area is 177 Å². The van der Waals surface area contributed by atoms with Crippen molar-refractivity contribution in [3.05, 3.63) is 69.9 Å². The van der Waals surface area contributed by atoms with E-state index in [1.807, 2.05) is 60.4 Å². The van der Waals surface area contributed by atoms with Gasteiger partial charge in [0, 0.05) is 17.1 Å². The highest BCUT2D eigenvalue weighted by molar-refractivity contribution is 7.17. The standard InChI is InChI=1S/C22H19ClN4OS/c1-13-19(29-21(24-13)14-6-4-7-15(23)12-14)22(28)27-11-5-10-18(27)20-25-16-8-2-3-9-17(16)26-20/h2-4,6-9,12,18H,5,10-11H2,1H3,(H,25,26). The number of amides is 1. The number of likely N-dealkylation sites (tertiary alicyclic amines) is 1. The van der Waals surface area contributed by atoms with Crippen LogP contribution >= 0.6 is 22.9 Å². The van der Waals surface area contributed by atoms with E-state index in [4.69, 9.17) is 16.6 Å². The summed E-state index contributed by atoms with van der Waals surface area (Å²) in [5.41, 5.74) is 3.61. The maximum Gasteiger partial charge on any atom is 0.266 e. The van der Waals surface area contributed by atoms with Crippen molar-refractivity contribution in [1.82, 2.24) is 19.9 Å². The number of hydrogen-bond acceptors (Lipinski definition) is 4. The Morgan fingerprint density at radius 2 is 2.07 bits per heavy atom. The number of aromatic nitrogens is 3. The van der Waals surface area contributed by atoms with E-state index >= 15 is 0 Å². The first-order valence-corrected chi connectivity index (χ1v) is 10.8. The average molecular weight is 423 g/mol. The number of imidazole rings is 1. The molecule has 0 radical (unpaired) electrons. The molecule has 7 heteroatoms. The first-order chi connectivity index (χ1) is 14.1.